The van der Waals surface area contributed by atoms with Gasteiger partial charge in [-0.3, -0.25) is 33.1 Å². The molecule has 4 amide bonds. The van der Waals surface area contributed by atoms with E-state index in [4.69, 9.17) is 28.7 Å². The molecule has 1 aliphatic heterocycles. The summed E-state index contributed by atoms with van der Waals surface area (Å²) >= 11 is -1.80. The molecule has 1 heterocycles. The number of hydrogen-bond donors (Lipinski definition) is 7. The van der Waals surface area contributed by atoms with Crippen LogP contribution in [0.2, 0.25) is 0 Å². The fourth-order valence-corrected chi connectivity index (χ4v) is 7.26. The number of nitrogens with zero attached hydrogens (tertiary/aromatic N) is 2. The number of Topliss-reactive ketones (excluding diaryl/α,β-unsaturated/α-hetero) is 1. The quantitative estimate of drug-likeness (QED) is 0.0351. The average Bonchev–Trinajstić information content (AvgIpc) is 3.23. The number of nitrogens with one attached hydrogen (secondary N) is 6. The minimum absolute atomic E-state index is 0.00376. The zero-order valence-electron chi connectivity index (χ0n) is 40.8. The normalized spacial score (nSPS) is 16.3. The second-order valence-corrected chi connectivity index (χ2v) is 20.0. The molecular formula is C44H82N8O12S. The Labute approximate surface area is 389 Å². The Kier molecular flexibility index (Phi) is 28.9. The number of aliphatic hydroxyl groups is 1. The number of ketones is 1. The molecule has 4 atom stereocenters. The first-order valence-electron chi connectivity index (χ1n) is 22.8. The van der Waals surface area contributed by atoms with Gasteiger partial charge in [-0.15, -0.1) is 0 Å². The lowest BCUT2D eigenvalue weighted by Gasteiger charge is -2.32. The number of methoxy groups -OCH3 is 1. The molecule has 0 saturated carbocycles. The standard InChI is InChI=1S/C44H82N8O12S/c1-32(2)24-35(49-38(54)28-48-41(57)36(25-33(3)4)50-37(53)27-47-39(55)29-52-17-21-61-22-18-52)40(56)44(9,58)31-64-65(59)23-13-11-12-14-34(51-45)26-46-16-20-62-43(7,8)30-63-42(5,6)15-19-60-10/h26,32-33,35-36,45-46,58H,11-25,27-31H2,1-10H3,(H,47,55)(H,48,57)(H,49,54)(H,50,53)/b34-26-,51-45?/t35-,36-,44?,65?/m0/s1. The average molecular weight is 947 g/mol. The van der Waals surface area contributed by atoms with E-state index in [-0.39, 0.29) is 55.0 Å². The molecule has 0 bridgehead atoms. The smallest absolute Gasteiger partial charge is 0.243 e. The SMILES string of the molecule is COCCC(C)(C)OCC(C)(C)OCCN/C=C(/CCCCCS(=O)OCC(C)(O)C(=O)[C@H](CC(C)C)NC(=O)CNC(=O)[C@H](CC(C)C)NC(=O)CNC(=O)CN1CCOCC1)N=N. The largest absolute Gasteiger partial charge is 0.387 e. The molecule has 2 unspecified atom stereocenters. The number of rotatable bonds is 36. The van der Waals surface area contributed by atoms with Crippen molar-refractivity contribution >= 4 is 40.5 Å². The number of allylic oxidation sites excluding steroid dienone is 1. The lowest BCUT2D eigenvalue weighted by atomic mass is 9.90. The fraction of sp³-hybridized carbons (Fsp3) is 0.841. The van der Waals surface area contributed by atoms with Gasteiger partial charge in [0, 0.05) is 45.3 Å². The van der Waals surface area contributed by atoms with Crippen LogP contribution in [0.1, 0.15) is 107 Å². The Bertz CT molecular complexity index is 1520. The van der Waals surface area contributed by atoms with Gasteiger partial charge >= 0.3 is 0 Å². The highest BCUT2D eigenvalue weighted by atomic mass is 32.2. The van der Waals surface area contributed by atoms with Gasteiger partial charge in [0.15, 0.2) is 16.9 Å². The zero-order chi connectivity index (χ0) is 49.1. The summed E-state index contributed by atoms with van der Waals surface area (Å²) in [7, 11) is 1.66. The van der Waals surface area contributed by atoms with E-state index in [2.05, 4.69) is 31.7 Å². The third-order valence-electron chi connectivity index (χ3n) is 10.2. The Morgan fingerprint density at radius 3 is 2.06 bits per heavy atom. The summed E-state index contributed by atoms with van der Waals surface area (Å²) < 4.78 is 40.5. The predicted molar refractivity (Wildman–Crippen MR) is 247 cm³/mol. The van der Waals surface area contributed by atoms with E-state index in [9.17, 15) is 33.3 Å². The molecule has 1 fully saturated rings. The highest BCUT2D eigenvalue weighted by Gasteiger charge is 2.38. The van der Waals surface area contributed by atoms with E-state index in [0.29, 0.717) is 84.0 Å². The summed E-state index contributed by atoms with van der Waals surface area (Å²) in [5.74, 6) is -2.85. The summed E-state index contributed by atoms with van der Waals surface area (Å²) in [4.78, 5) is 66.6. The summed E-state index contributed by atoms with van der Waals surface area (Å²) in [6.07, 6.45) is 5.31. The molecule has 0 radical (unpaired) electrons. The van der Waals surface area contributed by atoms with Crippen LogP contribution >= 0.6 is 0 Å². The van der Waals surface area contributed by atoms with Crippen LogP contribution in [0, 0.1) is 17.4 Å². The predicted octanol–water partition coefficient (Wildman–Crippen LogP) is 2.26. The van der Waals surface area contributed by atoms with Gasteiger partial charge in [-0.05, 0) is 85.0 Å². The molecule has 7 N–H and O–H groups in total. The number of amides is 4. The summed E-state index contributed by atoms with van der Waals surface area (Å²) in [6.45, 7) is 19.6. The van der Waals surface area contributed by atoms with Crippen molar-refractivity contribution in [1.82, 2.24) is 31.5 Å². The monoisotopic (exact) mass is 947 g/mol. The minimum Gasteiger partial charge on any atom is -0.387 e. The molecule has 0 aromatic rings. The van der Waals surface area contributed by atoms with Gasteiger partial charge in [-0.25, -0.2) is 9.74 Å². The molecule has 0 aromatic carbocycles. The second kappa shape index (κ2) is 31.5. The highest BCUT2D eigenvalue weighted by molar-refractivity contribution is 7.80. The van der Waals surface area contributed by atoms with Gasteiger partial charge in [0.25, 0.3) is 0 Å². The number of morpholine rings is 1. The van der Waals surface area contributed by atoms with E-state index in [0.717, 1.165) is 6.42 Å². The molecule has 0 aromatic heterocycles. The lowest BCUT2D eigenvalue weighted by molar-refractivity contribution is -0.143. The number of carbonyl (C=O) groups excluding carboxylic acids is 5. The van der Waals surface area contributed by atoms with E-state index in [1.807, 2.05) is 60.3 Å². The Balaban J connectivity index is 2.53. The Morgan fingerprint density at radius 2 is 1.45 bits per heavy atom. The summed E-state index contributed by atoms with van der Waals surface area (Å²) in [6, 6.07) is -2.12. The van der Waals surface area contributed by atoms with Crippen molar-refractivity contribution in [2.24, 2.45) is 17.0 Å². The van der Waals surface area contributed by atoms with Gasteiger partial charge in [0.05, 0.1) is 75.6 Å². The maximum absolute atomic E-state index is 13.5. The molecule has 65 heavy (non-hydrogen) atoms. The third kappa shape index (κ3) is 28.4. The number of ether oxygens (including phenoxy) is 4. The first-order chi connectivity index (χ1) is 30.5. The molecule has 1 saturated heterocycles. The molecule has 21 heteroatoms. The Morgan fingerprint density at radius 1 is 0.831 bits per heavy atom. The van der Waals surface area contributed by atoms with Gasteiger partial charge in [0.2, 0.25) is 23.6 Å². The van der Waals surface area contributed by atoms with Gasteiger partial charge < -0.3 is 50.6 Å². The van der Waals surface area contributed by atoms with E-state index in [1.54, 1.807) is 13.3 Å². The number of carbonyl (C=O) groups is 5. The van der Waals surface area contributed by atoms with Crippen LogP contribution in [0.3, 0.4) is 0 Å². The van der Waals surface area contributed by atoms with E-state index < -0.39 is 71.0 Å². The van der Waals surface area contributed by atoms with Crippen molar-refractivity contribution in [3.8, 4) is 0 Å². The number of unbranched alkanes of at least 4 members (excludes halogenated alkanes) is 2. The van der Waals surface area contributed by atoms with Crippen LogP contribution in [-0.2, 0) is 58.2 Å². The van der Waals surface area contributed by atoms with Gasteiger partial charge in [-0.1, -0.05) is 34.1 Å². The van der Waals surface area contributed by atoms with Crippen LogP contribution in [0.4, 0.5) is 0 Å². The van der Waals surface area contributed by atoms with Crippen LogP contribution in [0.15, 0.2) is 17.0 Å². The second-order valence-electron chi connectivity index (χ2n) is 18.7. The first kappa shape index (κ1) is 59.6. The topological polar surface area (TPSA) is 268 Å². The molecule has 0 aliphatic carbocycles. The first-order valence-corrected chi connectivity index (χ1v) is 24.0. The molecule has 1 aliphatic rings. The van der Waals surface area contributed by atoms with Crippen LogP contribution in [0.25, 0.3) is 0 Å². The van der Waals surface area contributed by atoms with E-state index in [1.165, 1.54) is 6.92 Å². The van der Waals surface area contributed by atoms with Gasteiger partial charge in [-0.2, -0.15) is 5.11 Å². The molecule has 376 valence electrons. The molecule has 1 rings (SSSR count). The van der Waals surface area contributed by atoms with Crippen molar-refractivity contribution in [2.45, 2.75) is 136 Å². The lowest BCUT2D eigenvalue weighted by Crippen LogP contribution is -2.55. The van der Waals surface area contributed by atoms with Crippen molar-refractivity contribution in [3.05, 3.63) is 11.9 Å². The third-order valence-corrected chi connectivity index (χ3v) is 11.2. The van der Waals surface area contributed by atoms with Crippen molar-refractivity contribution in [1.29, 1.82) is 5.53 Å². The summed E-state index contributed by atoms with van der Waals surface area (Å²) in [5.41, 5.74) is 5.18. The number of hydrogen-bond acceptors (Lipinski definition) is 16. The maximum Gasteiger partial charge on any atom is 0.243 e. The van der Waals surface area contributed by atoms with Crippen molar-refractivity contribution in [3.63, 3.8) is 0 Å². The molecular weight excluding hydrogens is 865 g/mol. The van der Waals surface area contributed by atoms with Crippen molar-refractivity contribution < 1.29 is 56.4 Å². The van der Waals surface area contributed by atoms with E-state index >= 15 is 0 Å². The van der Waals surface area contributed by atoms with Crippen LogP contribution in [0.5, 0.6) is 0 Å². The van der Waals surface area contributed by atoms with Crippen LogP contribution in [-0.4, -0.2) is 164 Å². The van der Waals surface area contributed by atoms with Crippen molar-refractivity contribution in [2.75, 3.05) is 91.8 Å². The zero-order valence-corrected chi connectivity index (χ0v) is 41.6. The fourth-order valence-electron chi connectivity index (χ4n) is 6.34. The van der Waals surface area contributed by atoms with Gasteiger partial charge in [0.1, 0.15) is 11.6 Å². The van der Waals surface area contributed by atoms with Crippen LogP contribution < -0.4 is 26.6 Å². The molecule has 20 nitrogen and oxygen atoms in total. The minimum atomic E-state index is -2.09. The molecule has 0 spiro atoms. The highest BCUT2D eigenvalue weighted by Crippen LogP contribution is 2.20. The summed E-state index contributed by atoms with van der Waals surface area (Å²) in [5, 5.41) is 28.1. The Hall–Kier alpha value is -3.44. The maximum atomic E-state index is 13.5.